The van der Waals surface area contributed by atoms with Crippen molar-refractivity contribution in [2.45, 2.75) is 6.54 Å². The molecule has 0 aliphatic carbocycles. The van der Waals surface area contributed by atoms with Gasteiger partial charge in [-0.25, -0.2) is 4.98 Å². The van der Waals surface area contributed by atoms with Crippen molar-refractivity contribution in [1.82, 2.24) is 10.3 Å². The van der Waals surface area contributed by atoms with Gasteiger partial charge in [0.1, 0.15) is 5.75 Å². The summed E-state index contributed by atoms with van der Waals surface area (Å²) in [6.07, 6.45) is 1.44. The second-order valence-electron chi connectivity index (χ2n) is 4.93. The van der Waals surface area contributed by atoms with Crippen LogP contribution in [0.5, 0.6) is 5.75 Å². The fraction of sp³-hybridized carbons (Fsp3) is 0.111. The topological polar surface area (TPSA) is 64.4 Å². The molecule has 0 spiro atoms. The minimum atomic E-state index is -0.296. The number of aromatic nitrogens is 1. The SMILES string of the molecule is COc1ccc(CNC(=O)c2cnc(-c3ccccc3)o2)cc1. The second-order valence-corrected chi connectivity index (χ2v) is 4.93. The van der Waals surface area contributed by atoms with Gasteiger partial charge in [-0.1, -0.05) is 30.3 Å². The molecule has 0 fully saturated rings. The predicted molar refractivity (Wildman–Crippen MR) is 86.1 cm³/mol. The molecule has 1 heterocycles. The lowest BCUT2D eigenvalue weighted by molar-refractivity contribution is 0.0924. The van der Waals surface area contributed by atoms with E-state index in [0.29, 0.717) is 12.4 Å². The summed E-state index contributed by atoms with van der Waals surface area (Å²) < 4.78 is 10.6. The van der Waals surface area contributed by atoms with E-state index in [-0.39, 0.29) is 11.7 Å². The molecule has 0 saturated heterocycles. The van der Waals surface area contributed by atoms with Crippen LogP contribution in [-0.2, 0) is 6.54 Å². The number of amides is 1. The Bertz CT molecular complexity index is 780. The number of oxazole rings is 1. The fourth-order valence-corrected chi connectivity index (χ4v) is 2.11. The van der Waals surface area contributed by atoms with Crippen LogP contribution in [-0.4, -0.2) is 18.0 Å². The third-order valence-corrected chi connectivity index (χ3v) is 3.36. The van der Waals surface area contributed by atoms with Crippen molar-refractivity contribution in [2.24, 2.45) is 0 Å². The summed E-state index contributed by atoms with van der Waals surface area (Å²) in [7, 11) is 1.62. The Morgan fingerprint density at radius 2 is 1.87 bits per heavy atom. The number of nitrogens with one attached hydrogen (secondary N) is 1. The smallest absolute Gasteiger partial charge is 0.288 e. The molecule has 116 valence electrons. The van der Waals surface area contributed by atoms with Crippen LogP contribution in [0.15, 0.2) is 65.2 Å². The Labute approximate surface area is 133 Å². The van der Waals surface area contributed by atoms with Gasteiger partial charge >= 0.3 is 0 Å². The van der Waals surface area contributed by atoms with Crippen molar-refractivity contribution in [3.8, 4) is 17.2 Å². The van der Waals surface area contributed by atoms with Gasteiger partial charge in [0.25, 0.3) is 5.91 Å². The van der Waals surface area contributed by atoms with Gasteiger partial charge < -0.3 is 14.5 Å². The third-order valence-electron chi connectivity index (χ3n) is 3.36. The van der Waals surface area contributed by atoms with Crippen molar-refractivity contribution >= 4 is 5.91 Å². The van der Waals surface area contributed by atoms with Gasteiger partial charge in [-0.2, -0.15) is 0 Å². The third kappa shape index (κ3) is 3.58. The molecule has 3 aromatic rings. The second kappa shape index (κ2) is 6.79. The van der Waals surface area contributed by atoms with Crippen LogP contribution in [0.3, 0.4) is 0 Å². The molecule has 0 atom stereocenters. The monoisotopic (exact) mass is 308 g/mol. The molecule has 5 heteroatoms. The van der Waals surface area contributed by atoms with Crippen LogP contribution in [0.2, 0.25) is 0 Å². The van der Waals surface area contributed by atoms with Crippen LogP contribution < -0.4 is 10.1 Å². The van der Waals surface area contributed by atoms with E-state index in [1.807, 2.05) is 54.6 Å². The molecule has 5 nitrogen and oxygen atoms in total. The Kier molecular flexibility index (Phi) is 4.38. The first-order valence-corrected chi connectivity index (χ1v) is 7.18. The van der Waals surface area contributed by atoms with E-state index < -0.39 is 0 Å². The minimum Gasteiger partial charge on any atom is -0.497 e. The number of ether oxygens (including phenoxy) is 1. The van der Waals surface area contributed by atoms with Crippen molar-refractivity contribution < 1.29 is 13.9 Å². The summed E-state index contributed by atoms with van der Waals surface area (Å²) >= 11 is 0. The van der Waals surface area contributed by atoms with Crippen LogP contribution in [0.1, 0.15) is 16.1 Å². The lowest BCUT2D eigenvalue weighted by Crippen LogP contribution is -2.22. The van der Waals surface area contributed by atoms with Crippen molar-refractivity contribution in [3.05, 3.63) is 72.1 Å². The highest BCUT2D eigenvalue weighted by molar-refractivity contribution is 5.91. The maximum absolute atomic E-state index is 12.1. The number of hydrogen-bond donors (Lipinski definition) is 1. The lowest BCUT2D eigenvalue weighted by Gasteiger charge is -2.04. The van der Waals surface area contributed by atoms with E-state index in [1.165, 1.54) is 6.20 Å². The van der Waals surface area contributed by atoms with Gasteiger partial charge in [0, 0.05) is 12.1 Å². The largest absolute Gasteiger partial charge is 0.497 e. The van der Waals surface area contributed by atoms with Gasteiger partial charge in [0.15, 0.2) is 0 Å². The Balaban J connectivity index is 1.63. The van der Waals surface area contributed by atoms with Gasteiger partial charge in [-0.15, -0.1) is 0 Å². The molecule has 1 amide bonds. The Hall–Kier alpha value is -3.08. The van der Waals surface area contributed by atoms with E-state index in [1.54, 1.807) is 7.11 Å². The zero-order valence-corrected chi connectivity index (χ0v) is 12.7. The molecular formula is C18H16N2O3. The van der Waals surface area contributed by atoms with Gasteiger partial charge in [0.2, 0.25) is 11.7 Å². The highest BCUT2D eigenvalue weighted by atomic mass is 16.5. The number of rotatable bonds is 5. The molecule has 0 radical (unpaired) electrons. The van der Waals surface area contributed by atoms with E-state index in [9.17, 15) is 4.79 Å². The summed E-state index contributed by atoms with van der Waals surface area (Å²) in [5.74, 6) is 1.11. The van der Waals surface area contributed by atoms with Crippen LogP contribution in [0.4, 0.5) is 0 Å². The average molecular weight is 308 g/mol. The average Bonchev–Trinajstić information content (AvgIpc) is 3.11. The van der Waals surface area contributed by atoms with Crippen molar-refractivity contribution in [1.29, 1.82) is 0 Å². The Morgan fingerprint density at radius 1 is 1.13 bits per heavy atom. The molecule has 1 aromatic heterocycles. The fourth-order valence-electron chi connectivity index (χ4n) is 2.11. The quantitative estimate of drug-likeness (QED) is 0.785. The molecule has 0 aliphatic rings. The molecule has 2 aromatic carbocycles. The Morgan fingerprint density at radius 3 is 2.57 bits per heavy atom. The molecule has 1 N–H and O–H groups in total. The molecule has 3 rings (SSSR count). The normalized spacial score (nSPS) is 10.3. The number of benzene rings is 2. The van der Waals surface area contributed by atoms with Crippen molar-refractivity contribution in [3.63, 3.8) is 0 Å². The standard InChI is InChI=1S/C18H16N2O3/c1-22-15-9-7-13(8-10-15)11-19-17(21)16-12-20-18(23-16)14-5-3-2-4-6-14/h2-10,12H,11H2,1H3,(H,19,21). The first-order valence-electron chi connectivity index (χ1n) is 7.18. The zero-order valence-electron chi connectivity index (χ0n) is 12.7. The molecule has 0 saturated carbocycles. The number of nitrogens with zero attached hydrogens (tertiary/aromatic N) is 1. The maximum atomic E-state index is 12.1. The highest BCUT2D eigenvalue weighted by Crippen LogP contribution is 2.18. The van der Waals surface area contributed by atoms with E-state index in [0.717, 1.165) is 16.9 Å². The first-order chi connectivity index (χ1) is 11.3. The molecule has 23 heavy (non-hydrogen) atoms. The number of hydrogen-bond acceptors (Lipinski definition) is 4. The molecule has 0 unspecified atom stereocenters. The minimum absolute atomic E-state index is 0.192. The van der Waals surface area contributed by atoms with E-state index >= 15 is 0 Å². The highest BCUT2D eigenvalue weighted by Gasteiger charge is 2.13. The number of carbonyl (C=O) groups excluding carboxylic acids is 1. The van der Waals surface area contributed by atoms with Gasteiger partial charge in [0.05, 0.1) is 13.3 Å². The summed E-state index contributed by atoms with van der Waals surface area (Å²) in [5.41, 5.74) is 1.81. The first kappa shape index (κ1) is 14.8. The van der Waals surface area contributed by atoms with Crippen molar-refractivity contribution in [2.75, 3.05) is 7.11 Å². The van der Waals surface area contributed by atoms with Crippen LogP contribution >= 0.6 is 0 Å². The van der Waals surface area contributed by atoms with E-state index in [2.05, 4.69) is 10.3 Å². The van der Waals surface area contributed by atoms with Crippen LogP contribution in [0, 0.1) is 0 Å². The maximum Gasteiger partial charge on any atom is 0.288 e. The molecule has 0 bridgehead atoms. The number of carbonyl (C=O) groups is 1. The summed E-state index contributed by atoms with van der Waals surface area (Å²) in [6.45, 7) is 0.407. The summed E-state index contributed by atoms with van der Waals surface area (Å²) in [5, 5.41) is 2.80. The lowest BCUT2D eigenvalue weighted by atomic mass is 10.2. The molecule has 0 aliphatic heterocycles. The summed E-state index contributed by atoms with van der Waals surface area (Å²) in [4.78, 5) is 16.3. The van der Waals surface area contributed by atoms with Crippen LogP contribution in [0.25, 0.3) is 11.5 Å². The van der Waals surface area contributed by atoms with Gasteiger partial charge in [-0.05, 0) is 29.8 Å². The van der Waals surface area contributed by atoms with E-state index in [4.69, 9.17) is 9.15 Å². The molecular weight excluding hydrogens is 292 g/mol. The number of methoxy groups -OCH3 is 1. The predicted octanol–water partition coefficient (Wildman–Crippen LogP) is 3.28. The van der Waals surface area contributed by atoms with Gasteiger partial charge in [-0.3, -0.25) is 4.79 Å². The zero-order chi connectivity index (χ0) is 16.1. The summed E-state index contributed by atoms with van der Waals surface area (Å²) in [6, 6.07) is 17.0.